The number of hydrogen-bond acceptors (Lipinski definition) is 4. The van der Waals surface area contributed by atoms with Crippen LogP contribution in [-0.4, -0.2) is 90.7 Å². The molecule has 0 aromatic heterocycles. The molecule has 29 heavy (non-hydrogen) atoms. The number of carboxylic acid groups (broad SMARTS) is 1. The van der Waals surface area contributed by atoms with Crippen LogP contribution in [0.15, 0.2) is 18.2 Å². The molecule has 2 saturated heterocycles. The number of nitrogens with zero attached hydrogens (tertiary/aromatic N) is 4. The molecule has 1 aromatic rings. The van der Waals surface area contributed by atoms with Gasteiger partial charge in [-0.1, -0.05) is 6.07 Å². The molecule has 7 heteroatoms. The number of hydrogen-bond donors (Lipinski definition) is 1. The van der Waals surface area contributed by atoms with E-state index in [0.717, 1.165) is 70.6 Å². The summed E-state index contributed by atoms with van der Waals surface area (Å²) < 4.78 is 0. The molecule has 7 nitrogen and oxygen atoms in total. The largest absolute Gasteiger partial charge is 0.481 e. The smallest absolute Gasteiger partial charge is 0.324 e. The number of likely N-dealkylation sites (N-methyl/N-ethyl adjacent to an activating group) is 1. The van der Waals surface area contributed by atoms with Gasteiger partial charge in [0, 0.05) is 57.5 Å². The van der Waals surface area contributed by atoms with Gasteiger partial charge in [-0.15, -0.1) is 0 Å². The van der Waals surface area contributed by atoms with Gasteiger partial charge < -0.3 is 19.8 Å². The average Bonchev–Trinajstić information content (AvgIpc) is 3.00. The minimum atomic E-state index is -0.745. The van der Waals surface area contributed by atoms with Gasteiger partial charge in [0.25, 0.3) is 0 Å². The Labute approximate surface area is 172 Å². The molecule has 1 aromatic carbocycles. The quantitative estimate of drug-likeness (QED) is 0.818. The maximum Gasteiger partial charge on any atom is 0.324 e. The van der Waals surface area contributed by atoms with E-state index in [2.05, 4.69) is 35.0 Å². The van der Waals surface area contributed by atoms with Crippen LogP contribution < -0.4 is 4.90 Å². The Morgan fingerprint density at radius 3 is 2.48 bits per heavy atom. The van der Waals surface area contributed by atoms with Crippen LogP contribution in [0.25, 0.3) is 0 Å². The number of carbonyl (C=O) groups excluding carboxylic acids is 1. The molecule has 2 fully saturated rings. The van der Waals surface area contributed by atoms with Crippen molar-refractivity contribution >= 4 is 17.7 Å². The van der Waals surface area contributed by atoms with Gasteiger partial charge in [0.15, 0.2) is 0 Å². The lowest BCUT2D eigenvalue weighted by Gasteiger charge is -2.36. The maximum absolute atomic E-state index is 13.1. The molecule has 2 amide bonds. The predicted molar refractivity (Wildman–Crippen MR) is 113 cm³/mol. The summed E-state index contributed by atoms with van der Waals surface area (Å²) >= 11 is 0. The van der Waals surface area contributed by atoms with Crippen molar-refractivity contribution < 1.29 is 14.7 Å². The van der Waals surface area contributed by atoms with Crippen LogP contribution in [0.3, 0.4) is 0 Å². The standard InChI is InChI=1S/C22H32N4O3/c1-23-9-4-17-2-3-20(16-18(17)5-10-23)26-15-14-25(22(26)29)19-6-11-24(12-7-19)13-8-21(27)28/h2-3,16,19H,4-15H2,1H3,(H,27,28). The van der Waals surface area contributed by atoms with Gasteiger partial charge in [0.2, 0.25) is 0 Å². The number of carboxylic acids is 1. The van der Waals surface area contributed by atoms with Crippen LogP contribution in [0, 0.1) is 0 Å². The summed E-state index contributed by atoms with van der Waals surface area (Å²) in [4.78, 5) is 32.4. The number of piperidine rings is 1. The van der Waals surface area contributed by atoms with E-state index in [-0.39, 0.29) is 18.5 Å². The Morgan fingerprint density at radius 2 is 1.76 bits per heavy atom. The molecule has 0 atom stereocenters. The first-order chi connectivity index (χ1) is 14.0. The van der Waals surface area contributed by atoms with Crippen molar-refractivity contribution in [2.75, 3.05) is 57.8 Å². The molecular formula is C22H32N4O3. The summed E-state index contributed by atoms with van der Waals surface area (Å²) in [5.41, 5.74) is 3.82. The lowest BCUT2D eigenvalue weighted by molar-refractivity contribution is -0.137. The van der Waals surface area contributed by atoms with Crippen LogP contribution >= 0.6 is 0 Å². The second kappa shape index (κ2) is 8.71. The fourth-order valence-electron chi connectivity index (χ4n) is 4.83. The van der Waals surface area contributed by atoms with Crippen LogP contribution in [0.1, 0.15) is 30.4 Å². The normalized spacial score (nSPS) is 22.0. The van der Waals surface area contributed by atoms with Gasteiger partial charge in [-0.3, -0.25) is 9.69 Å². The highest BCUT2D eigenvalue weighted by molar-refractivity contribution is 5.94. The first kappa shape index (κ1) is 20.2. The van der Waals surface area contributed by atoms with E-state index in [1.165, 1.54) is 11.1 Å². The molecule has 0 saturated carbocycles. The Balaban J connectivity index is 1.37. The monoisotopic (exact) mass is 400 g/mol. The van der Waals surface area contributed by atoms with Crippen molar-refractivity contribution in [1.82, 2.24) is 14.7 Å². The second-order valence-electron chi connectivity index (χ2n) is 8.60. The summed E-state index contributed by atoms with van der Waals surface area (Å²) in [5.74, 6) is -0.745. The van der Waals surface area contributed by atoms with Gasteiger partial charge in [-0.2, -0.15) is 0 Å². The Bertz CT molecular complexity index is 760. The third-order valence-corrected chi connectivity index (χ3v) is 6.71. The number of amides is 2. The lowest BCUT2D eigenvalue weighted by atomic mass is 10.0. The molecule has 0 bridgehead atoms. The fraction of sp³-hybridized carbons (Fsp3) is 0.636. The Kier molecular flexibility index (Phi) is 6.06. The molecule has 3 aliphatic heterocycles. The van der Waals surface area contributed by atoms with Crippen LogP contribution in [-0.2, 0) is 17.6 Å². The lowest BCUT2D eigenvalue weighted by Crippen LogP contribution is -2.46. The zero-order valence-corrected chi connectivity index (χ0v) is 17.3. The van der Waals surface area contributed by atoms with Gasteiger partial charge in [0.1, 0.15) is 0 Å². The molecule has 0 aliphatic carbocycles. The highest BCUT2D eigenvalue weighted by Gasteiger charge is 2.36. The van der Waals surface area contributed by atoms with E-state index in [9.17, 15) is 9.59 Å². The van der Waals surface area contributed by atoms with E-state index < -0.39 is 5.97 Å². The molecular weight excluding hydrogens is 368 g/mol. The number of carbonyl (C=O) groups is 2. The Morgan fingerprint density at radius 1 is 1.03 bits per heavy atom. The molecule has 0 unspecified atom stereocenters. The van der Waals surface area contributed by atoms with Crippen molar-refractivity contribution in [3.05, 3.63) is 29.3 Å². The highest BCUT2D eigenvalue weighted by atomic mass is 16.4. The number of urea groups is 1. The minimum absolute atomic E-state index is 0.125. The second-order valence-corrected chi connectivity index (χ2v) is 8.60. The number of likely N-dealkylation sites (tertiary alicyclic amines) is 1. The van der Waals surface area contributed by atoms with Crippen molar-refractivity contribution in [1.29, 1.82) is 0 Å². The number of fused-ring (bicyclic) bond motifs is 1. The zero-order chi connectivity index (χ0) is 20.4. The first-order valence-electron chi connectivity index (χ1n) is 10.8. The summed E-state index contributed by atoms with van der Waals surface area (Å²) in [6.07, 6.45) is 4.16. The third kappa shape index (κ3) is 4.56. The molecule has 0 spiro atoms. The van der Waals surface area contributed by atoms with Crippen molar-refractivity contribution in [3.8, 4) is 0 Å². The number of anilines is 1. The first-order valence-corrected chi connectivity index (χ1v) is 10.8. The van der Waals surface area contributed by atoms with E-state index in [1.54, 1.807) is 0 Å². The molecule has 3 aliphatic rings. The van der Waals surface area contributed by atoms with Crippen molar-refractivity contribution in [2.45, 2.75) is 38.1 Å². The van der Waals surface area contributed by atoms with Gasteiger partial charge in [-0.05, 0) is 56.0 Å². The van der Waals surface area contributed by atoms with Crippen molar-refractivity contribution in [3.63, 3.8) is 0 Å². The van der Waals surface area contributed by atoms with E-state index in [4.69, 9.17) is 5.11 Å². The number of benzene rings is 1. The van der Waals surface area contributed by atoms with Gasteiger partial charge in [-0.25, -0.2) is 4.79 Å². The summed E-state index contributed by atoms with van der Waals surface area (Å²) in [6, 6.07) is 6.94. The number of aliphatic carboxylic acids is 1. The molecule has 158 valence electrons. The van der Waals surface area contributed by atoms with Crippen molar-refractivity contribution in [2.24, 2.45) is 0 Å². The van der Waals surface area contributed by atoms with Crippen LogP contribution in [0.4, 0.5) is 10.5 Å². The predicted octanol–water partition coefficient (Wildman–Crippen LogP) is 1.90. The molecule has 0 radical (unpaired) electrons. The zero-order valence-electron chi connectivity index (χ0n) is 17.3. The molecule has 1 N–H and O–H groups in total. The molecule has 3 heterocycles. The maximum atomic E-state index is 13.1. The average molecular weight is 401 g/mol. The van der Waals surface area contributed by atoms with Crippen LogP contribution in [0.5, 0.6) is 0 Å². The van der Waals surface area contributed by atoms with E-state index in [1.807, 2.05) is 9.80 Å². The Hall–Kier alpha value is -2.12. The third-order valence-electron chi connectivity index (χ3n) is 6.71. The molecule has 4 rings (SSSR count). The highest BCUT2D eigenvalue weighted by Crippen LogP contribution is 2.28. The van der Waals surface area contributed by atoms with E-state index >= 15 is 0 Å². The minimum Gasteiger partial charge on any atom is -0.481 e. The number of rotatable bonds is 5. The summed E-state index contributed by atoms with van der Waals surface area (Å²) in [7, 11) is 2.17. The summed E-state index contributed by atoms with van der Waals surface area (Å²) in [6.45, 7) is 6.02. The van der Waals surface area contributed by atoms with E-state index in [0.29, 0.717) is 6.54 Å². The van der Waals surface area contributed by atoms with Crippen LogP contribution in [0.2, 0.25) is 0 Å². The SMILES string of the molecule is CN1CCc2ccc(N3CCN(C4CCN(CCC(=O)O)CC4)C3=O)cc2CC1. The summed E-state index contributed by atoms with van der Waals surface area (Å²) in [5, 5.41) is 8.86. The fourth-order valence-corrected chi connectivity index (χ4v) is 4.83. The van der Waals surface area contributed by atoms with Gasteiger partial charge >= 0.3 is 12.0 Å². The topological polar surface area (TPSA) is 67.3 Å². The van der Waals surface area contributed by atoms with Gasteiger partial charge in [0.05, 0.1) is 6.42 Å².